The lowest BCUT2D eigenvalue weighted by atomic mass is 10.1. The third kappa shape index (κ3) is 4.90. The van der Waals surface area contributed by atoms with Gasteiger partial charge in [0, 0.05) is 0 Å². The van der Waals surface area contributed by atoms with Gasteiger partial charge in [0.25, 0.3) is 0 Å². The molecule has 0 atom stereocenters. The van der Waals surface area contributed by atoms with E-state index in [2.05, 4.69) is 8.37 Å². The van der Waals surface area contributed by atoms with Crippen LogP contribution in [-0.2, 0) is 20.2 Å². The van der Waals surface area contributed by atoms with Gasteiger partial charge in [-0.25, -0.2) is 8.78 Å². The van der Waals surface area contributed by atoms with Gasteiger partial charge in [-0.05, 0) is 35.4 Å². The van der Waals surface area contributed by atoms with Crippen LogP contribution in [0.25, 0.3) is 11.1 Å². The molecule has 0 radical (unpaired) electrons. The fraction of sp³-hybridized carbons (Fsp3) is 0.143. The normalized spacial score (nSPS) is 12.0. The van der Waals surface area contributed by atoms with Crippen molar-refractivity contribution in [3.63, 3.8) is 0 Å². The van der Waals surface area contributed by atoms with Gasteiger partial charge >= 0.3 is 20.2 Å². The standard InChI is InChI=1S/C14H12F2O6S2/c1-23(17,18)21-13-5-3-9(7-11(13)15)10-4-6-14(12(16)8-10)22-24(2,19)20/h3-8H,1-2H3. The van der Waals surface area contributed by atoms with E-state index >= 15 is 0 Å². The number of hydrogen-bond acceptors (Lipinski definition) is 6. The highest BCUT2D eigenvalue weighted by atomic mass is 32.2. The van der Waals surface area contributed by atoms with Gasteiger partial charge in [-0.3, -0.25) is 0 Å². The Balaban J connectivity index is 2.36. The second kappa shape index (κ2) is 6.36. The molecule has 0 saturated carbocycles. The van der Waals surface area contributed by atoms with Crippen molar-refractivity contribution in [1.29, 1.82) is 0 Å². The second-order valence-corrected chi connectivity index (χ2v) is 8.02. The summed E-state index contributed by atoms with van der Waals surface area (Å²) in [4.78, 5) is 0. The molecule has 0 N–H and O–H groups in total. The maximum Gasteiger partial charge on any atom is 0.306 e. The van der Waals surface area contributed by atoms with Gasteiger partial charge in [0.15, 0.2) is 23.1 Å². The number of benzene rings is 2. The van der Waals surface area contributed by atoms with Crippen LogP contribution in [0.5, 0.6) is 11.5 Å². The van der Waals surface area contributed by atoms with Gasteiger partial charge < -0.3 is 8.37 Å². The van der Waals surface area contributed by atoms with Crippen molar-refractivity contribution in [3.05, 3.63) is 48.0 Å². The molecule has 0 aromatic heterocycles. The second-order valence-electron chi connectivity index (χ2n) is 4.87. The summed E-state index contributed by atoms with van der Waals surface area (Å²) < 4.78 is 80.7. The Kier molecular flexibility index (Phi) is 4.81. The molecule has 0 unspecified atom stereocenters. The molecule has 2 aromatic rings. The molecule has 2 rings (SSSR count). The molecule has 0 spiro atoms. The minimum absolute atomic E-state index is 0.234. The highest BCUT2D eigenvalue weighted by Crippen LogP contribution is 2.29. The Labute approximate surface area is 137 Å². The SMILES string of the molecule is CS(=O)(=O)Oc1ccc(-c2ccc(OS(C)(=O)=O)c(F)c2)cc1F. The van der Waals surface area contributed by atoms with E-state index in [4.69, 9.17) is 0 Å². The van der Waals surface area contributed by atoms with Gasteiger partial charge in [0.05, 0.1) is 12.5 Å². The van der Waals surface area contributed by atoms with Gasteiger partial charge in [0.1, 0.15) is 0 Å². The largest absolute Gasteiger partial charge is 0.379 e. The van der Waals surface area contributed by atoms with E-state index in [1.807, 2.05) is 0 Å². The van der Waals surface area contributed by atoms with Crippen LogP contribution in [0, 0.1) is 11.6 Å². The predicted octanol–water partition coefficient (Wildman–Crippen LogP) is 2.31. The van der Waals surface area contributed by atoms with E-state index in [0.717, 1.165) is 36.8 Å². The third-order valence-corrected chi connectivity index (χ3v) is 3.64. The molecule has 130 valence electrons. The number of rotatable bonds is 5. The quantitative estimate of drug-likeness (QED) is 0.742. The van der Waals surface area contributed by atoms with Crippen LogP contribution in [0.3, 0.4) is 0 Å². The zero-order chi connectivity index (χ0) is 18.1. The number of halogens is 2. The molecule has 0 amide bonds. The summed E-state index contributed by atoms with van der Waals surface area (Å²) in [5.41, 5.74) is 0.469. The summed E-state index contributed by atoms with van der Waals surface area (Å²) in [5.74, 6) is -2.87. The van der Waals surface area contributed by atoms with Crippen LogP contribution in [-0.4, -0.2) is 29.3 Å². The van der Waals surface area contributed by atoms with Crippen molar-refractivity contribution in [1.82, 2.24) is 0 Å². The lowest BCUT2D eigenvalue weighted by Crippen LogP contribution is -2.07. The minimum Gasteiger partial charge on any atom is -0.379 e. The Hall–Kier alpha value is -2.20. The zero-order valence-electron chi connectivity index (χ0n) is 12.5. The summed E-state index contributed by atoms with van der Waals surface area (Å²) in [5, 5.41) is 0. The number of hydrogen-bond donors (Lipinski definition) is 0. The fourth-order valence-corrected chi connectivity index (χ4v) is 2.74. The predicted molar refractivity (Wildman–Crippen MR) is 82.7 cm³/mol. The molecule has 24 heavy (non-hydrogen) atoms. The average molecular weight is 378 g/mol. The Morgan fingerprint density at radius 3 is 1.29 bits per heavy atom. The molecule has 0 fully saturated rings. The van der Waals surface area contributed by atoms with E-state index in [9.17, 15) is 25.6 Å². The Morgan fingerprint density at radius 1 is 0.708 bits per heavy atom. The maximum absolute atomic E-state index is 13.9. The summed E-state index contributed by atoms with van der Waals surface area (Å²) in [7, 11) is -7.76. The molecule has 0 aliphatic carbocycles. The van der Waals surface area contributed by atoms with Crippen LogP contribution in [0.1, 0.15) is 0 Å². The first-order valence-electron chi connectivity index (χ1n) is 6.33. The van der Waals surface area contributed by atoms with Crippen LogP contribution in [0.4, 0.5) is 8.78 Å². The van der Waals surface area contributed by atoms with Crippen LogP contribution in [0.2, 0.25) is 0 Å². The molecule has 0 bridgehead atoms. The molecule has 0 aliphatic rings. The van der Waals surface area contributed by atoms with E-state index in [-0.39, 0.29) is 11.1 Å². The zero-order valence-corrected chi connectivity index (χ0v) is 14.1. The molecule has 0 heterocycles. The van der Waals surface area contributed by atoms with Crippen LogP contribution >= 0.6 is 0 Å². The van der Waals surface area contributed by atoms with Gasteiger partial charge in [-0.2, -0.15) is 16.8 Å². The first-order valence-corrected chi connectivity index (χ1v) is 9.96. The lowest BCUT2D eigenvalue weighted by Gasteiger charge is -2.09. The average Bonchev–Trinajstić information content (AvgIpc) is 2.40. The molecular formula is C14H12F2O6S2. The van der Waals surface area contributed by atoms with Crippen LogP contribution < -0.4 is 8.37 Å². The fourth-order valence-electron chi connectivity index (χ4n) is 1.82. The molecule has 6 nitrogen and oxygen atoms in total. The van der Waals surface area contributed by atoms with Crippen LogP contribution in [0.15, 0.2) is 36.4 Å². The molecule has 0 aliphatic heterocycles. The third-order valence-electron chi connectivity index (χ3n) is 2.68. The summed E-state index contributed by atoms with van der Waals surface area (Å²) in [6.07, 6.45) is 1.55. The van der Waals surface area contributed by atoms with E-state index in [1.54, 1.807) is 0 Å². The van der Waals surface area contributed by atoms with Crippen molar-refractivity contribution < 1.29 is 34.0 Å². The van der Waals surface area contributed by atoms with E-state index in [1.165, 1.54) is 12.1 Å². The van der Waals surface area contributed by atoms with Gasteiger partial charge in [-0.1, -0.05) is 12.1 Å². The molecule has 2 aromatic carbocycles. The lowest BCUT2D eigenvalue weighted by molar-refractivity contribution is 0.465. The highest BCUT2D eigenvalue weighted by Gasteiger charge is 2.14. The minimum atomic E-state index is -3.88. The Bertz CT molecular complexity index is 903. The van der Waals surface area contributed by atoms with Gasteiger partial charge in [0.2, 0.25) is 0 Å². The molecule has 0 saturated heterocycles. The van der Waals surface area contributed by atoms with Crippen molar-refractivity contribution in [2.75, 3.05) is 12.5 Å². The monoisotopic (exact) mass is 378 g/mol. The summed E-state index contributed by atoms with van der Waals surface area (Å²) in [6, 6.07) is 6.76. The topological polar surface area (TPSA) is 86.7 Å². The summed E-state index contributed by atoms with van der Waals surface area (Å²) >= 11 is 0. The maximum atomic E-state index is 13.9. The smallest absolute Gasteiger partial charge is 0.306 e. The van der Waals surface area contributed by atoms with E-state index < -0.39 is 43.4 Å². The highest BCUT2D eigenvalue weighted by molar-refractivity contribution is 7.86. The van der Waals surface area contributed by atoms with Crippen molar-refractivity contribution in [2.45, 2.75) is 0 Å². The first kappa shape index (κ1) is 18.1. The molecule has 10 heteroatoms. The summed E-state index contributed by atoms with van der Waals surface area (Å²) in [6.45, 7) is 0. The van der Waals surface area contributed by atoms with Crippen molar-refractivity contribution in [2.24, 2.45) is 0 Å². The van der Waals surface area contributed by atoms with E-state index in [0.29, 0.717) is 0 Å². The molecular weight excluding hydrogens is 366 g/mol. The van der Waals surface area contributed by atoms with Crippen molar-refractivity contribution >= 4 is 20.2 Å². The Morgan fingerprint density at radius 2 is 1.04 bits per heavy atom. The van der Waals surface area contributed by atoms with Gasteiger partial charge in [-0.15, -0.1) is 0 Å². The first-order chi connectivity index (χ1) is 10.9. The van der Waals surface area contributed by atoms with Crippen molar-refractivity contribution in [3.8, 4) is 22.6 Å².